The van der Waals surface area contributed by atoms with E-state index in [4.69, 9.17) is 4.74 Å². The van der Waals surface area contributed by atoms with Gasteiger partial charge in [0.25, 0.3) is 0 Å². The Morgan fingerprint density at radius 2 is 2.00 bits per heavy atom. The number of ether oxygens (including phenoxy) is 1. The summed E-state index contributed by atoms with van der Waals surface area (Å²) in [5.41, 5.74) is 2.68. The molecule has 2 nitrogen and oxygen atoms in total. The summed E-state index contributed by atoms with van der Waals surface area (Å²) in [6.07, 6.45) is 2.82. The highest BCUT2D eigenvalue weighted by Gasteiger charge is 2.20. The van der Waals surface area contributed by atoms with E-state index in [1.165, 1.54) is 30.5 Å². The van der Waals surface area contributed by atoms with Crippen LogP contribution in [0.1, 0.15) is 30.9 Å². The summed E-state index contributed by atoms with van der Waals surface area (Å²) in [6, 6.07) is 8.53. The van der Waals surface area contributed by atoms with Crippen molar-refractivity contribution in [3.63, 3.8) is 0 Å². The molecule has 88 valence electrons. The molecule has 1 aromatic rings. The van der Waals surface area contributed by atoms with Gasteiger partial charge in [0.2, 0.25) is 0 Å². The Hall–Kier alpha value is -0.860. The number of rotatable bonds is 7. The van der Waals surface area contributed by atoms with Gasteiger partial charge in [-0.25, -0.2) is 0 Å². The van der Waals surface area contributed by atoms with Crippen LogP contribution in [0.2, 0.25) is 0 Å². The van der Waals surface area contributed by atoms with Crippen LogP contribution in [0.4, 0.5) is 0 Å². The van der Waals surface area contributed by atoms with E-state index in [0.29, 0.717) is 0 Å². The van der Waals surface area contributed by atoms with Crippen molar-refractivity contribution in [3.05, 3.63) is 35.4 Å². The van der Waals surface area contributed by atoms with Crippen LogP contribution in [-0.2, 0) is 17.9 Å². The number of benzene rings is 1. The van der Waals surface area contributed by atoms with E-state index in [1.807, 2.05) is 6.92 Å². The van der Waals surface area contributed by atoms with E-state index in [9.17, 15) is 0 Å². The predicted molar refractivity (Wildman–Crippen MR) is 66.2 cm³/mol. The lowest BCUT2D eigenvalue weighted by Gasteiger charge is -2.10. The molecule has 0 aromatic heterocycles. The molecule has 2 rings (SSSR count). The Labute approximate surface area is 98.0 Å². The van der Waals surface area contributed by atoms with Gasteiger partial charge in [0.1, 0.15) is 0 Å². The average Bonchev–Trinajstić information content (AvgIpc) is 3.12. The molecule has 1 aliphatic carbocycles. The third kappa shape index (κ3) is 3.62. The molecular formula is C14H21NO. The smallest absolute Gasteiger partial charge is 0.0719 e. The summed E-state index contributed by atoms with van der Waals surface area (Å²) in [7, 11) is 0. The lowest BCUT2D eigenvalue weighted by molar-refractivity contribution is 0.133. The van der Waals surface area contributed by atoms with Gasteiger partial charge in [-0.2, -0.15) is 0 Å². The van der Waals surface area contributed by atoms with Crippen molar-refractivity contribution in [2.45, 2.75) is 32.9 Å². The first kappa shape index (κ1) is 11.6. The number of nitrogens with one attached hydrogen (secondary N) is 1. The molecule has 1 N–H and O–H groups in total. The van der Waals surface area contributed by atoms with E-state index >= 15 is 0 Å². The van der Waals surface area contributed by atoms with Gasteiger partial charge in [-0.15, -0.1) is 0 Å². The van der Waals surface area contributed by atoms with Crippen molar-refractivity contribution < 1.29 is 4.74 Å². The number of hydrogen-bond donors (Lipinski definition) is 1. The average molecular weight is 219 g/mol. The van der Waals surface area contributed by atoms with Crippen molar-refractivity contribution in [1.82, 2.24) is 5.32 Å². The Morgan fingerprint density at radius 1 is 1.25 bits per heavy atom. The van der Waals surface area contributed by atoms with Crippen LogP contribution in [0.25, 0.3) is 0 Å². The van der Waals surface area contributed by atoms with Crippen molar-refractivity contribution in [2.75, 3.05) is 13.2 Å². The molecule has 0 spiro atoms. The summed E-state index contributed by atoms with van der Waals surface area (Å²) in [4.78, 5) is 0. The monoisotopic (exact) mass is 219 g/mol. The molecule has 0 bridgehead atoms. The first-order valence-electron chi connectivity index (χ1n) is 6.25. The van der Waals surface area contributed by atoms with E-state index in [1.54, 1.807) is 0 Å². The summed E-state index contributed by atoms with van der Waals surface area (Å²) in [5.74, 6) is 0.944. The molecule has 16 heavy (non-hydrogen) atoms. The van der Waals surface area contributed by atoms with Gasteiger partial charge in [-0.3, -0.25) is 0 Å². The Balaban J connectivity index is 1.84. The highest BCUT2D eigenvalue weighted by Crippen LogP contribution is 2.27. The second kappa shape index (κ2) is 6.02. The van der Waals surface area contributed by atoms with Crippen molar-refractivity contribution in [2.24, 2.45) is 5.92 Å². The summed E-state index contributed by atoms with van der Waals surface area (Å²) < 4.78 is 5.47. The molecule has 0 aliphatic heterocycles. The second-order valence-corrected chi connectivity index (χ2v) is 4.48. The van der Waals surface area contributed by atoms with Crippen molar-refractivity contribution in [3.8, 4) is 0 Å². The minimum atomic E-state index is 0.734. The molecule has 1 aromatic carbocycles. The molecule has 0 amide bonds. The molecule has 0 atom stereocenters. The topological polar surface area (TPSA) is 21.3 Å². The molecule has 0 radical (unpaired) electrons. The maximum Gasteiger partial charge on any atom is 0.0719 e. The summed E-state index contributed by atoms with van der Waals surface area (Å²) >= 11 is 0. The Morgan fingerprint density at radius 3 is 2.69 bits per heavy atom. The normalized spacial score (nSPS) is 15.3. The van der Waals surface area contributed by atoms with Crippen LogP contribution in [-0.4, -0.2) is 13.2 Å². The SMILES string of the molecule is CCOCc1ccccc1CNCC1CC1. The second-order valence-electron chi connectivity index (χ2n) is 4.48. The van der Waals surface area contributed by atoms with Gasteiger partial charge in [-0.1, -0.05) is 24.3 Å². The molecule has 1 aliphatic rings. The molecule has 0 unspecified atom stereocenters. The Bertz CT molecular complexity index is 320. The summed E-state index contributed by atoms with van der Waals surface area (Å²) in [5, 5.41) is 3.52. The van der Waals surface area contributed by atoms with Crippen molar-refractivity contribution in [1.29, 1.82) is 0 Å². The van der Waals surface area contributed by atoms with Gasteiger partial charge >= 0.3 is 0 Å². The van der Waals surface area contributed by atoms with Crippen LogP contribution in [0, 0.1) is 5.92 Å². The van der Waals surface area contributed by atoms with Gasteiger partial charge < -0.3 is 10.1 Å². The van der Waals surface area contributed by atoms with Crippen LogP contribution in [0.15, 0.2) is 24.3 Å². The third-order valence-electron chi connectivity index (χ3n) is 3.03. The maximum absolute atomic E-state index is 5.47. The molecule has 0 saturated heterocycles. The lowest BCUT2D eigenvalue weighted by atomic mass is 10.1. The van der Waals surface area contributed by atoms with E-state index in [-0.39, 0.29) is 0 Å². The predicted octanol–water partition coefficient (Wildman–Crippen LogP) is 2.72. The van der Waals surface area contributed by atoms with Crippen molar-refractivity contribution >= 4 is 0 Å². The van der Waals surface area contributed by atoms with Crippen LogP contribution >= 0.6 is 0 Å². The largest absolute Gasteiger partial charge is 0.377 e. The molecule has 2 heteroatoms. The Kier molecular flexibility index (Phi) is 4.37. The summed E-state index contributed by atoms with van der Waals surface area (Å²) in [6.45, 7) is 5.69. The fourth-order valence-electron chi connectivity index (χ4n) is 1.82. The van der Waals surface area contributed by atoms with Gasteiger partial charge in [0.05, 0.1) is 6.61 Å². The highest BCUT2D eigenvalue weighted by molar-refractivity contribution is 5.26. The lowest BCUT2D eigenvalue weighted by Crippen LogP contribution is -2.17. The fourth-order valence-corrected chi connectivity index (χ4v) is 1.82. The van der Waals surface area contributed by atoms with E-state index in [2.05, 4.69) is 29.6 Å². The highest BCUT2D eigenvalue weighted by atomic mass is 16.5. The first-order valence-corrected chi connectivity index (χ1v) is 6.25. The van der Waals surface area contributed by atoms with E-state index < -0.39 is 0 Å². The third-order valence-corrected chi connectivity index (χ3v) is 3.03. The minimum Gasteiger partial charge on any atom is -0.377 e. The number of hydrogen-bond acceptors (Lipinski definition) is 2. The molecule has 1 fully saturated rings. The maximum atomic E-state index is 5.47. The minimum absolute atomic E-state index is 0.734. The zero-order chi connectivity index (χ0) is 11.2. The quantitative estimate of drug-likeness (QED) is 0.761. The van der Waals surface area contributed by atoms with Crippen LogP contribution in [0.3, 0.4) is 0 Å². The van der Waals surface area contributed by atoms with Gasteiger partial charge in [0.15, 0.2) is 0 Å². The first-order chi connectivity index (χ1) is 7.90. The molecule has 0 heterocycles. The zero-order valence-corrected chi connectivity index (χ0v) is 10.0. The fraction of sp³-hybridized carbons (Fsp3) is 0.571. The van der Waals surface area contributed by atoms with E-state index in [0.717, 1.165) is 25.7 Å². The van der Waals surface area contributed by atoms with Gasteiger partial charge in [-0.05, 0) is 43.4 Å². The van der Waals surface area contributed by atoms with Gasteiger partial charge in [0, 0.05) is 13.2 Å². The van der Waals surface area contributed by atoms with Crippen LogP contribution in [0.5, 0.6) is 0 Å². The molecule has 1 saturated carbocycles. The standard InChI is InChI=1S/C14H21NO/c1-2-16-11-14-6-4-3-5-13(14)10-15-9-12-7-8-12/h3-6,12,15H,2,7-11H2,1H3. The van der Waals surface area contributed by atoms with Crippen LogP contribution < -0.4 is 5.32 Å². The zero-order valence-electron chi connectivity index (χ0n) is 10.0. The molecular weight excluding hydrogens is 198 g/mol.